The number of halogens is 1. The molecule has 2 heterocycles. The molecule has 2 aromatic heterocycles. The summed E-state index contributed by atoms with van der Waals surface area (Å²) in [6, 6.07) is 9.42. The summed E-state index contributed by atoms with van der Waals surface area (Å²) in [4.78, 5) is 12.5. The summed E-state index contributed by atoms with van der Waals surface area (Å²) in [6.45, 7) is 2.62. The fraction of sp³-hybridized carbons (Fsp3) is 0.133. The number of rotatable bonds is 3. The third-order valence-electron chi connectivity index (χ3n) is 2.97. The highest BCUT2D eigenvalue weighted by atomic mass is 19.1. The number of fused-ring (bicyclic) bond motifs is 1. The number of benzene rings is 1. The monoisotopic (exact) mass is 268 g/mol. The quantitative estimate of drug-likeness (QED) is 0.792. The van der Waals surface area contributed by atoms with E-state index >= 15 is 0 Å². The van der Waals surface area contributed by atoms with Crippen molar-refractivity contribution in [1.29, 1.82) is 0 Å². The van der Waals surface area contributed by atoms with E-state index in [1.54, 1.807) is 6.20 Å². The average molecular weight is 268 g/mol. The maximum atomic E-state index is 14.0. The van der Waals surface area contributed by atoms with Gasteiger partial charge in [0, 0.05) is 23.7 Å². The van der Waals surface area contributed by atoms with Crippen molar-refractivity contribution in [1.82, 2.24) is 15.0 Å². The molecule has 0 atom stereocenters. The van der Waals surface area contributed by atoms with Gasteiger partial charge in [-0.3, -0.25) is 4.98 Å². The molecular weight excluding hydrogens is 255 g/mol. The standard InChI is InChI=1S/C15H13FN4/c1-2-17-15-19-9-12(16)14(20-15)11-7-3-5-10-6-4-8-18-13(10)11/h3-9H,2H2,1H3,(H,17,19,20). The van der Waals surface area contributed by atoms with Crippen molar-refractivity contribution in [2.24, 2.45) is 0 Å². The number of aromatic nitrogens is 3. The SMILES string of the molecule is CCNc1ncc(F)c(-c2cccc3cccnc23)n1. The second-order valence-corrected chi connectivity index (χ2v) is 4.30. The molecule has 20 heavy (non-hydrogen) atoms. The van der Waals surface area contributed by atoms with Gasteiger partial charge in [0.1, 0.15) is 5.69 Å². The maximum absolute atomic E-state index is 14.0. The van der Waals surface area contributed by atoms with Crippen molar-refractivity contribution < 1.29 is 4.39 Å². The van der Waals surface area contributed by atoms with Gasteiger partial charge in [-0.15, -0.1) is 0 Å². The van der Waals surface area contributed by atoms with Crippen molar-refractivity contribution in [3.05, 3.63) is 48.5 Å². The largest absolute Gasteiger partial charge is 0.354 e. The molecule has 0 unspecified atom stereocenters. The second-order valence-electron chi connectivity index (χ2n) is 4.30. The highest BCUT2D eigenvalue weighted by Gasteiger charge is 2.12. The Morgan fingerprint density at radius 2 is 2.00 bits per heavy atom. The summed E-state index contributed by atoms with van der Waals surface area (Å²) in [5, 5.41) is 3.94. The predicted octanol–water partition coefficient (Wildman–Crippen LogP) is 3.26. The van der Waals surface area contributed by atoms with Crippen LogP contribution in [0.4, 0.5) is 10.3 Å². The Hall–Kier alpha value is -2.56. The smallest absolute Gasteiger partial charge is 0.223 e. The first-order chi connectivity index (χ1) is 9.79. The van der Waals surface area contributed by atoms with E-state index in [1.165, 1.54) is 6.20 Å². The molecule has 3 aromatic rings. The Morgan fingerprint density at radius 1 is 1.15 bits per heavy atom. The number of pyridine rings is 1. The molecule has 1 aromatic carbocycles. The molecule has 0 aliphatic heterocycles. The lowest BCUT2D eigenvalue weighted by atomic mass is 10.1. The molecule has 5 heteroatoms. The second kappa shape index (κ2) is 5.21. The van der Waals surface area contributed by atoms with E-state index in [2.05, 4.69) is 20.3 Å². The van der Waals surface area contributed by atoms with E-state index in [1.807, 2.05) is 37.3 Å². The fourth-order valence-electron chi connectivity index (χ4n) is 2.09. The molecule has 3 rings (SSSR count). The molecule has 4 nitrogen and oxygen atoms in total. The molecular formula is C15H13FN4. The highest BCUT2D eigenvalue weighted by molar-refractivity contribution is 5.92. The first-order valence-electron chi connectivity index (χ1n) is 6.40. The van der Waals surface area contributed by atoms with E-state index in [9.17, 15) is 4.39 Å². The highest BCUT2D eigenvalue weighted by Crippen LogP contribution is 2.27. The fourth-order valence-corrected chi connectivity index (χ4v) is 2.09. The van der Waals surface area contributed by atoms with Gasteiger partial charge in [0.15, 0.2) is 5.82 Å². The summed E-state index contributed by atoms with van der Waals surface area (Å²) >= 11 is 0. The minimum atomic E-state index is -0.454. The van der Waals surface area contributed by atoms with Crippen molar-refractivity contribution in [2.75, 3.05) is 11.9 Å². The van der Waals surface area contributed by atoms with Gasteiger partial charge in [0.2, 0.25) is 5.95 Å². The van der Waals surface area contributed by atoms with Crippen LogP contribution < -0.4 is 5.32 Å². The summed E-state index contributed by atoms with van der Waals surface area (Å²) in [5.41, 5.74) is 1.66. The van der Waals surface area contributed by atoms with Crippen LogP contribution in [0, 0.1) is 5.82 Å². The lowest BCUT2D eigenvalue weighted by Crippen LogP contribution is -2.04. The molecule has 1 N–H and O–H groups in total. The van der Waals surface area contributed by atoms with Crippen LogP contribution in [-0.2, 0) is 0 Å². The maximum Gasteiger partial charge on any atom is 0.223 e. The summed E-state index contributed by atoms with van der Waals surface area (Å²) in [5.74, 6) is -0.0401. The Morgan fingerprint density at radius 3 is 2.85 bits per heavy atom. The molecule has 0 spiro atoms. The van der Waals surface area contributed by atoms with Crippen LogP contribution in [0.2, 0.25) is 0 Å². The van der Waals surface area contributed by atoms with Crippen LogP contribution in [-0.4, -0.2) is 21.5 Å². The van der Waals surface area contributed by atoms with Crippen LogP contribution >= 0.6 is 0 Å². The summed E-state index contributed by atoms with van der Waals surface area (Å²) in [7, 11) is 0. The molecule has 0 amide bonds. The molecule has 0 saturated heterocycles. The van der Waals surface area contributed by atoms with Crippen LogP contribution in [0.3, 0.4) is 0 Å². The molecule has 0 aliphatic carbocycles. The number of hydrogen-bond acceptors (Lipinski definition) is 4. The molecule has 100 valence electrons. The van der Waals surface area contributed by atoms with E-state index in [-0.39, 0.29) is 5.69 Å². The molecule has 0 saturated carbocycles. The Balaban J connectivity index is 2.22. The first-order valence-corrected chi connectivity index (χ1v) is 6.40. The normalized spacial score (nSPS) is 10.7. The van der Waals surface area contributed by atoms with Gasteiger partial charge in [0.25, 0.3) is 0 Å². The van der Waals surface area contributed by atoms with E-state index in [0.717, 1.165) is 10.9 Å². The van der Waals surface area contributed by atoms with Gasteiger partial charge < -0.3 is 5.32 Å². The van der Waals surface area contributed by atoms with Crippen LogP contribution in [0.5, 0.6) is 0 Å². The van der Waals surface area contributed by atoms with Gasteiger partial charge in [-0.1, -0.05) is 24.3 Å². The summed E-state index contributed by atoms with van der Waals surface area (Å²) in [6.07, 6.45) is 2.87. The molecule has 0 radical (unpaired) electrons. The predicted molar refractivity (Wildman–Crippen MR) is 76.9 cm³/mol. The first kappa shape index (κ1) is 12.5. The van der Waals surface area contributed by atoms with Gasteiger partial charge >= 0.3 is 0 Å². The minimum absolute atomic E-state index is 0.264. The summed E-state index contributed by atoms with van der Waals surface area (Å²) < 4.78 is 14.0. The van der Waals surface area contributed by atoms with Crippen molar-refractivity contribution in [3.8, 4) is 11.3 Å². The number of nitrogens with one attached hydrogen (secondary N) is 1. The van der Waals surface area contributed by atoms with Crippen molar-refractivity contribution >= 4 is 16.9 Å². The van der Waals surface area contributed by atoms with Gasteiger partial charge in [-0.2, -0.15) is 0 Å². The number of anilines is 1. The third kappa shape index (κ3) is 2.18. The molecule has 0 fully saturated rings. The van der Waals surface area contributed by atoms with E-state index < -0.39 is 5.82 Å². The van der Waals surface area contributed by atoms with Crippen LogP contribution in [0.1, 0.15) is 6.92 Å². The van der Waals surface area contributed by atoms with Gasteiger partial charge in [-0.05, 0) is 13.0 Å². The minimum Gasteiger partial charge on any atom is -0.354 e. The zero-order valence-corrected chi connectivity index (χ0v) is 11.0. The zero-order chi connectivity index (χ0) is 13.9. The zero-order valence-electron chi connectivity index (χ0n) is 11.0. The Bertz CT molecular complexity index is 752. The number of para-hydroxylation sites is 1. The van der Waals surface area contributed by atoms with E-state index in [0.29, 0.717) is 18.1 Å². The lowest BCUT2D eigenvalue weighted by Gasteiger charge is -2.08. The number of nitrogens with zero attached hydrogens (tertiary/aromatic N) is 3. The van der Waals surface area contributed by atoms with E-state index in [4.69, 9.17) is 0 Å². The van der Waals surface area contributed by atoms with Crippen molar-refractivity contribution in [2.45, 2.75) is 6.92 Å². The van der Waals surface area contributed by atoms with Crippen LogP contribution in [0.25, 0.3) is 22.2 Å². The topological polar surface area (TPSA) is 50.7 Å². The lowest BCUT2D eigenvalue weighted by molar-refractivity contribution is 0.618. The van der Waals surface area contributed by atoms with Gasteiger partial charge in [0.05, 0.1) is 11.7 Å². The van der Waals surface area contributed by atoms with Crippen molar-refractivity contribution in [3.63, 3.8) is 0 Å². The third-order valence-corrected chi connectivity index (χ3v) is 2.97. The number of hydrogen-bond donors (Lipinski definition) is 1. The van der Waals surface area contributed by atoms with Gasteiger partial charge in [-0.25, -0.2) is 14.4 Å². The average Bonchev–Trinajstić information content (AvgIpc) is 2.49. The van der Waals surface area contributed by atoms with Crippen LogP contribution in [0.15, 0.2) is 42.7 Å². The molecule has 0 bridgehead atoms. The molecule has 0 aliphatic rings. The Labute approximate surface area is 115 Å². The Kier molecular flexibility index (Phi) is 3.25.